The van der Waals surface area contributed by atoms with Gasteiger partial charge in [-0.25, -0.2) is 0 Å². The van der Waals surface area contributed by atoms with Crippen LogP contribution < -0.4 is 10.2 Å². The zero-order valence-electron chi connectivity index (χ0n) is 17.8. The maximum absolute atomic E-state index is 13.4. The van der Waals surface area contributed by atoms with E-state index in [1.54, 1.807) is 30.3 Å². The molecular weight excluding hydrogens is 454 g/mol. The van der Waals surface area contributed by atoms with E-state index in [0.717, 1.165) is 11.1 Å². The Morgan fingerprint density at radius 1 is 1.06 bits per heavy atom. The summed E-state index contributed by atoms with van der Waals surface area (Å²) in [5.41, 5.74) is 2.96. The monoisotopic (exact) mass is 473 g/mol. The molecule has 1 fully saturated rings. The molecule has 0 radical (unpaired) electrons. The minimum atomic E-state index is -0.546. The third-order valence-electron chi connectivity index (χ3n) is 5.25. The summed E-state index contributed by atoms with van der Waals surface area (Å²) in [5, 5.41) is 13.2. The molecule has 1 aliphatic rings. The molecule has 1 unspecified atom stereocenters. The number of nitrogens with zero attached hydrogens (tertiary/aromatic N) is 2. The molecule has 164 valence electrons. The summed E-state index contributed by atoms with van der Waals surface area (Å²) in [5.74, 6) is -0.720. The van der Waals surface area contributed by atoms with Gasteiger partial charge >= 0.3 is 0 Å². The maximum atomic E-state index is 13.4. The molecule has 0 aromatic heterocycles. The first-order valence-electron chi connectivity index (χ1n) is 10.3. The maximum Gasteiger partial charge on any atom is 0.269 e. The van der Waals surface area contributed by atoms with Crippen LogP contribution >= 0.6 is 23.4 Å². The van der Waals surface area contributed by atoms with Gasteiger partial charge < -0.3 is 5.32 Å². The van der Waals surface area contributed by atoms with Crippen LogP contribution in [0.2, 0.25) is 5.02 Å². The molecule has 1 heterocycles. The summed E-state index contributed by atoms with van der Waals surface area (Å²) in [6, 6.07) is 25.7. The van der Waals surface area contributed by atoms with Crippen molar-refractivity contribution < 1.29 is 9.59 Å². The van der Waals surface area contributed by atoms with Crippen molar-refractivity contribution in [3.05, 3.63) is 106 Å². The molecule has 5 nitrogen and oxygen atoms in total. The fourth-order valence-corrected chi connectivity index (χ4v) is 4.97. The number of rotatable bonds is 5. The molecule has 1 N–H and O–H groups in total. The number of carbonyl (C=O) groups is 2. The molecule has 0 saturated carbocycles. The first-order chi connectivity index (χ1) is 16.0. The Bertz CT molecular complexity index is 1270. The molecule has 0 spiro atoms. The molecule has 7 heteroatoms. The number of nitrogens with one attached hydrogen (secondary N) is 1. The second-order valence-electron chi connectivity index (χ2n) is 7.51. The summed E-state index contributed by atoms with van der Waals surface area (Å²) >= 11 is 7.22. The van der Waals surface area contributed by atoms with E-state index in [2.05, 4.69) is 5.32 Å². The second-order valence-corrected chi connectivity index (χ2v) is 9.14. The summed E-state index contributed by atoms with van der Waals surface area (Å²) in [4.78, 5) is 28.0. The molecule has 3 aromatic rings. The minimum Gasteiger partial charge on any atom is -0.321 e. The van der Waals surface area contributed by atoms with Gasteiger partial charge in [0.2, 0.25) is 5.91 Å². The fraction of sp³-hybridized carbons (Fsp3) is 0.115. The Morgan fingerprint density at radius 3 is 2.39 bits per heavy atom. The van der Waals surface area contributed by atoms with Crippen LogP contribution in [0.25, 0.3) is 0 Å². The van der Waals surface area contributed by atoms with Gasteiger partial charge in [0.05, 0.1) is 5.25 Å². The van der Waals surface area contributed by atoms with Gasteiger partial charge in [0.1, 0.15) is 16.7 Å². The number of para-hydroxylation sites is 2. The van der Waals surface area contributed by atoms with Crippen molar-refractivity contribution in [3.63, 3.8) is 0 Å². The molecule has 1 atom stereocenters. The molecule has 3 aromatic carbocycles. The smallest absolute Gasteiger partial charge is 0.269 e. The van der Waals surface area contributed by atoms with Crippen molar-refractivity contribution in [1.29, 1.82) is 5.26 Å². The number of hydrogen-bond acceptors (Lipinski definition) is 4. The van der Waals surface area contributed by atoms with Crippen LogP contribution in [0.5, 0.6) is 0 Å². The minimum absolute atomic E-state index is 0.0981. The number of benzene rings is 3. The first kappa shape index (κ1) is 22.7. The van der Waals surface area contributed by atoms with Gasteiger partial charge in [0.15, 0.2) is 0 Å². The van der Waals surface area contributed by atoms with Crippen LogP contribution in [-0.4, -0.2) is 17.1 Å². The van der Waals surface area contributed by atoms with Crippen molar-refractivity contribution >= 4 is 46.6 Å². The van der Waals surface area contributed by atoms with Gasteiger partial charge in [-0.2, -0.15) is 5.26 Å². The van der Waals surface area contributed by atoms with E-state index < -0.39 is 11.2 Å². The number of nitriles is 1. The van der Waals surface area contributed by atoms with Crippen LogP contribution in [0.4, 0.5) is 11.4 Å². The quantitative estimate of drug-likeness (QED) is 0.380. The summed E-state index contributed by atoms with van der Waals surface area (Å²) in [6.45, 7) is 1.88. The molecule has 0 bridgehead atoms. The van der Waals surface area contributed by atoms with Crippen molar-refractivity contribution in [2.45, 2.75) is 18.6 Å². The van der Waals surface area contributed by atoms with Gasteiger partial charge in [-0.15, -0.1) is 0 Å². The van der Waals surface area contributed by atoms with Crippen molar-refractivity contribution in [2.24, 2.45) is 0 Å². The molecule has 1 aliphatic heterocycles. The van der Waals surface area contributed by atoms with Crippen LogP contribution in [0.3, 0.4) is 0 Å². The number of thioether (sulfide) groups is 1. The lowest BCUT2D eigenvalue weighted by molar-refractivity contribution is -0.117. The molecule has 4 rings (SSSR count). The number of anilines is 2. The highest BCUT2D eigenvalue weighted by atomic mass is 35.5. The number of aryl methyl sites for hydroxylation is 1. The Balaban J connectivity index is 1.72. The highest BCUT2D eigenvalue weighted by molar-refractivity contribution is 8.05. The zero-order valence-corrected chi connectivity index (χ0v) is 19.4. The fourth-order valence-electron chi connectivity index (χ4n) is 3.53. The number of amides is 2. The predicted octanol–water partition coefficient (Wildman–Crippen LogP) is 5.71. The van der Waals surface area contributed by atoms with Crippen LogP contribution in [-0.2, 0) is 16.0 Å². The van der Waals surface area contributed by atoms with Crippen LogP contribution in [0.15, 0.2) is 89.5 Å². The van der Waals surface area contributed by atoms with Gasteiger partial charge in [0.25, 0.3) is 5.91 Å². The highest BCUT2D eigenvalue weighted by Gasteiger charge is 2.40. The zero-order chi connectivity index (χ0) is 23.4. The Hall–Kier alpha value is -3.53. The van der Waals surface area contributed by atoms with E-state index in [1.807, 2.05) is 61.5 Å². The lowest BCUT2D eigenvalue weighted by atomic mass is 10.1. The van der Waals surface area contributed by atoms with Crippen LogP contribution in [0, 0.1) is 18.3 Å². The van der Waals surface area contributed by atoms with Crippen molar-refractivity contribution in [1.82, 2.24) is 0 Å². The third kappa shape index (κ3) is 4.95. The predicted molar refractivity (Wildman–Crippen MR) is 133 cm³/mol. The Morgan fingerprint density at radius 2 is 1.73 bits per heavy atom. The van der Waals surface area contributed by atoms with Gasteiger partial charge in [-0.05, 0) is 54.8 Å². The first-order valence-corrected chi connectivity index (χ1v) is 11.5. The summed E-state index contributed by atoms with van der Waals surface area (Å²) in [6.07, 6.45) is 0.450. The standard InChI is InChI=1S/C26H20ClN3O2S/c1-17-7-5-6-10-22(17)29-24(31)21(16-28)26-30(20-8-3-2-4-9-20)25(32)23(33-26)15-18-11-13-19(27)14-12-18/h2-14,23H,15H2,1H3,(H,29,31). The normalized spacial score (nSPS) is 16.9. The van der Waals surface area contributed by atoms with E-state index in [9.17, 15) is 14.9 Å². The third-order valence-corrected chi connectivity index (χ3v) is 6.76. The van der Waals surface area contributed by atoms with Gasteiger partial charge in [0, 0.05) is 16.4 Å². The summed E-state index contributed by atoms with van der Waals surface area (Å²) < 4.78 is 0. The van der Waals surface area contributed by atoms with E-state index in [1.165, 1.54) is 16.7 Å². The lowest BCUT2D eigenvalue weighted by Crippen LogP contribution is -2.30. The van der Waals surface area contributed by atoms with Crippen molar-refractivity contribution in [3.8, 4) is 6.07 Å². The highest BCUT2D eigenvalue weighted by Crippen LogP contribution is 2.42. The molecule has 0 aliphatic carbocycles. The van der Waals surface area contributed by atoms with E-state index in [-0.39, 0.29) is 11.5 Å². The van der Waals surface area contributed by atoms with Crippen LogP contribution in [0.1, 0.15) is 11.1 Å². The van der Waals surface area contributed by atoms with E-state index >= 15 is 0 Å². The molecule has 1 saturated heterocycles. The summed E-state index contributed by atoms with van der Waals surface area (Å²) in [7, 11) is 0. The Labute approximate surface area is 201 Å². The molecule has 33 heavy (non-hydrogen) atoms. The largest absolute Gasteiger partial charge is 0.321 e. The SMILES string of the molecule is Cc1ccccc1NC(=O)C(C#N)=C1SC(Cc2ccc(Cl)cc2)C(=O)N1c1ccccc1. The van der Waals surface area contributed by atoms with Crippen molar-refractivity contribution in [2.75, 3.05) is 10.2 Å². The number of hydrogen-bond donors (Lipinski definition) is 1. The number of halogens is 1. The molecule has 2 amide bonds. The second kappa shape index (κ2) is 9.95. The average Bonchev–Trinajstić information content (AvgIpc) is 3.13. The van der Waals surface area contributed by atoms with E-state index in [4.69, 9.17) is 11.6 Å². The van der Waals surface area contributed by atoms with Gasteiger partial charge in [-0.3, -0.25) is 14.5 Å². The van der Waals surface area contributed by atoms with Gasteiger partial charge in [-0.1, -0.05) is 71.9 Å². The Kier molecular flexibility index (Phi) is 6.83. The topological polar surface area (TPSA) is 73.2 Å². The number of carbonyl (C=O) groups excluding carboxylic acids is 2. The van der Waals surface area contributed by atoms with E-state index in [0.29, 0.717) is 27.8 Å². The lowest BCUT2D eigenvalue weighted by Gasteiger charge is -2.18. The molecular formula is C26H20ClN3O2S. The average molecular weight is 474 g/mol.